The van der Waals surface area contributed by atoms with Gasteiger partial charge in [-0.25, -0.2) is 9.67 Å². The third-order valence-corrected chi connectivity index (χ3v) is 3.61. The fourth-order valence-electron chi connectivity index (χ4n) is 1.77. The van der Waals surface area contributed by atoms with Gasteiger partial charge in [0.05, 0.1) is 23.1 Å². The normalized spacial score (nSPS) is 10.7. The second kappa shape index (κ2) is 4.70. The largest absolute Gasteiger partial charge is 0.246 e. The van der Waals surface area contributed by atoms with Gasteiger partial charge < -0.3 is 0 Å². The topological polar surface area (TPSA) is 43.6 Å². The molecule has 18 heavy (non-hydrogen) atoms. The van der Waals surface area contributed by atoms with E-state index < -0.39 is 0 Å². The first-order valence-corrected chi connectivity index (χ1v) is 6.56. The van der Waals surface area contributed by atoms with Gasteiger partial charge in [0.25, 0.3) is 0 Å². The Morgan fingerprint density at radius 2 is 2.06 bits per heavy atom. The first-order chi connectivity index (χ1) is 8.81. The van der Waals surface area contributed by atoms with Gasteiger partial charge in [-0.3, -0.25) is 0 Å². The summed E-state index contributed by atoms with van der Waals surface area (Å²) in [7, 11) is 0. The van der Waals surface area contributed by atoms with E-state index in [0.29, 0.717) is 0 Å². The summed E-state index contributed by atoms with van der Waals surface area (Å²) in [6.07, 6.45) is 4.39. The van der Waals surface area contributed by atoms with Gasteiger partial charge in [-0.05, 0) is 24.6 Å². The minimum atomic E-state index is 0.885. The minimum Gasteiger partial charge on any atom is -0.246 e. The van der Waals surface area contributed by atoms with E-state index in [2.05, 4.69) is 32.8 Å². The molecule has 2 heterocycles. The zero-order chi connectivity index (χ0) is 12.4. The molecule has 1 aromatic carbocycles. The number of hydrogen-bond acceptors (Lipinski definition) is 4. The number of aryl methyl sites for hydroxylation is 1. The summed E-state index contributed by atoms with van der Waals surface area (Å²) in [5.74, 6) is 0. The Bertz CT molecular complexity index is 625. The third-order valence-electron chi connectivity index (χ3n) is 2.65. The smallest absolute Gasteiger partial charge is 0.0972 e. The van der Waals surface area contributed by atoms with Crippen LogP contribution in [0.1, 0.15) is 16.3 Å². The molecule has 0 saturated carbocycles. The van der Waals surface area contributed by atoms with Crippen LogP contribution in [0.5, 0.6) is 0 Å². The maximum Gasteiger partial charge on any atom is 0.0972 e. The number of thiazole rings is 1. The van der Waals surface area contributed by atoms with Crippen LogP contribution in [-0.4, -0.2) is 20.0 Å². The van der Waals surface area contributed by atoms with Crippen molar-refractivity contribution in [1.29, 1.82) is 0 Å². The molecular formula is C13H12N4S. The Morgan fingerprint density at radius 1 is 1.22 bits per heavy atom. The maximum atomic E-state index is 4.47. The van der Waals surface area contributed by atoms with Gasteiger partial charge in [0, 0.05) is 17.5 Å². The molecule has 0 unspecified atom stereocenters. The van der Waals surface area contributed by atoms with Gasteiger partial charge in [-0.1, -0.05) is 17.3 Å². The fraction of sp³-hybridized carbons (Fsp3) is 0.154. The first kappa shape index (κ1) is 11.1. The van der Waals surface area contributed by atoms with E-state index in [1.807, 2.05) is 25.3 Å². The molecule has 2 aromatic heterocycles. The Labute approximate surface area is 109 Å². The minimum absolute atomic E-state index is 0.885. The van der Waals surface area contributed by atoms with E-state index in [1.54, 1.807) is 22.2 Å². The molecule has 3 rings (SSSR count). The van der Waals surface area contributed by atoms with E-state index in [4.69, 9.17) is 0 Å². The highest BCUT2D eigenvalue weighted by atomic mass is 32.1. The molecule has 3 aromatic rings. The van der Waals surface area contributed by atoms with Crippen LogP contribution in [0.15, 0.2) is 42.0 Å². The molecule has 0 N–H and O–H groups in total. The van der Waals surface area contributed by atoms with Crippen molar-refractivity contribution in [2.75, 3.05) is 0 Å². The molecule has 0 saturated heterocycles. The van der Waals surface area contributed by atoms with Crippen LogP contribution in [-0.2, 0) is 6.42 Å². The average molecular weight is 256 g/mol. The van der Waals surface area contributed by atoms with Gasteiger partial charge in [0.2, 0.25) is 0 Å². The van der Waals surface area contributed by atoms with Gasteiger partial charge in [0.1, 0.15) is 0 Å². The molecule has 0 fully saturated rings. The van der Waals surface area contributed by atoms with E-state index in [1.165, 1.54) is 5.56 Å². The molecule has 5 heteroatoms. The van der Waals surface area contributed by atoms with Crippen molar-refractivity contribution in [1.82, 2.24) is 20.0 Å². The second-order valence-corrected chi connectivity index (χ2v) is 5.02. The summed E-state index contributed by atoms with van der Waals surface area (Å²) >= 11 is 1.71. The highest BCUT2D eigenvalue weighted by molar-refractivity contribution is 7.09. The summed E-state index contributed by atoms with van der Waals surface area (Å²) in [5, 5.41) is 11.0. The molecule has 0 radical (unpaired) electrons. The summed E-state index contributed by atoms with van der Waals surface area (Å²) in [6, 6.07) is 8.30. The van der Waals surface area contributed by atoms with E-state index in [-0.39, 0.29) is 0 Å². The van der Waals surface area contributed by atoms with Crippen LogP contribution in [0.2, 0.25) is 0 Å². The quantitative estimate of drug-likeness (QED) is 0.723. The predicted octanol–water partition coefficient (Wildman–Crippen LogP) is 2.62. The van der Waals surface area contributed by atoms with Crippen LogP contribution in [0.25, 0.3) is 5.69 Å². The lowest BCUT2D eigenvalue weighted by atomic mass is 10.1. The number of nitrogens with zero attached hydrogens (tertiary/aromatic N) is 4. The highest BCUT2D eigenvalue weighted by Gasteiger charge is 2.02. The van der Waals surface area contributed by atoms with Crippen molar-refractivity contribution in [3.05, 3.63) is 58.3 Å². The van der Waals surface area contributed by atoms with Crippen LogP contribution in [0, 0.1) is 6.92 Å². The average Bonchev–Trinajstić information content (AvgIpc) is 3.02. The van der Waals surface area contributed by atoms with Crippen molar-refractivity contribution < 1.29 is 0 Å². The molecule has 0 bridgehead atoms. The molecule has 0 amide bonds. The van der Waals surface area contributed by atoms with Crippen molar-refractivity contribution in [3.8, 4) is 5.69 Å². The van der Waals surface area contributed by atoms with Crippen LogP contribution >= 0.6 is 11.3 Å². The van der Waals surface area contributed by atoms with Crippen molar-refractivity contribution in [3.63, 3.8) is 0 Å². The Hall–Kier alpha value is -2.01. The zero-order valence-electron chi connectivity index (χ0n) is 9.95. The Kier molecular flexibility index (Phi) is 2.90. The van der Waals surface area contributed by atoms with Gasteiger partial charge in [0.15, 0.2) is 0 Å². The predicted molar refractivity (Wildman–Crippen MR) is 71.0 cm³/mol. The molecule has 4 nitrogen and oxygen atoms in total. The number of benzene rings is 1. The molecule has 0 aliphatic heterocycles. The number of rotatable bonds is 3. The van der Waals surface area contributed by atoms with E-state index >= 15 is 0 Å². The molecule has 0 spiro atoms. The van der Waals surface area contributed by atoms with Crippen LogP contribution in [0.4, 0.5) is 0 Å². The number of aromatic nitrogens is 4. The summed E-state index contributed by atoms with van der Waals surface area (Å²) in [5.41, 5.74) is 3.37. The first-order valence-electron chi connectivity index (χ1n) is 5.68. The van der Waals surface area contributed by atoms with Crippen molar-refractivity contribution in [2.24, 2.45) is 0 Å². The SMILES string of the molecule is Cc1csc(Cc2ccc(-n3ccnn3)cc2)n1. The van der Waals surface area contributed by atoms with Crippen molar-refractivity contribution in [2.45, 2.75) is 13.3 Å². The summed E-state index contributed by atoms with van der Waals surface area (Å²) < 4.78 is 1.75. The lowest BCUT2D eigenvalue weighted by Crippen LogP contribution is -1.95. The zero-order valence-corrected chi connectivity index (χ0v) is 10.8. The summed E-state index contributed by atoms with van der Waals surface area (Å²) in [6.45, 7) is 2.02. The number of hydrogen-bond donors (Lipinski definition) is 0. The standard InChI is InChI=1S/C13H12N4S/c1-10-9-18-13(15-10)8-11-2-4-12(5-3-11)17-7-6-14-16-17/h2-7,9H,8H2,1H3. The highest BCUT2D eigenvalue weighted by Crippen LogP contribution is 2.15. The molecule has 0 aliphatic rings. The lowest BCUT2D eigenvalue weighted by molar-refractivity contribution is 0.803. The van der Waals surface area contributed by atoms with Gasteiger partial charge in [-0.2, -0.15) is 0 Å². The van der Waals surface area contributed by atoms with Gasteiger partial charge in [-0.15, -0.1) is 16.4 Å². The molecule has 0 aliphatic carbocycles. The third kappa shape index (κ3) is 2.31. The van der Waals surface area contributed by atoms with E-state index in [9.17, 15) is 0 Å². The maximum absolute atomic E-state index is 4.47. The Morgan fingerprint density at radius 3 is 2.67 bits per heavy atom. The lowest BCUT2D eigenvalue weighted by Gasteiger charge is -2.02. The molecular weight excluding hydrogens is 244 g/mol. The molecule has 0 atom stereocenters. The van der Waals surface area contributed by atoms with Gasteiger partial charge >= 0.3 is 0 Å². The monoisotopic (exact) mass is 256 g/mol. The second-order valence-electron chi connectivity index (χ2n) is 4.07. The van der Waals surface area contributed by atoms with Crippen LogP contribution < -0.4 is 0 Å². The summed E-state index contributed by atoms with van der Waals surface area (Å²) in [4.78, 5) is 4.47. The van der Waals surface area contributed by atoms with Crippen molar-refractivity contribution >= 4 is 11.3 Å². The van der Waals surface area contributed by atoms with Crippen LogP contribution in [0.3, 0.4) is 0 Å². The van der Waals surface area contributed by atoms with E-state index in [0.717, 1.165) is 22.8 Å². The fourth-order valence-corrected chi connectivity index (χ4v) is 2.58. The Balaban J connectivity index is 1.79. The molecule has 90 valence electrons.